The normalized spacial score (nSPS) is 15.5. The van der Waals surface area contributed by atoms with Crippen LogP contribution in [0.2, 0.25) is 5.02 Å². The summed E-state index contributed by atoms with van der Waals surface area (Å²) in [5, 5.41) is 7.99. The van der Waals surface area contributed by atoms with Crippen LogP contribution in [0.4, 0.5) is 5.69 Å². The van der Waals surface area contributed by atoms with Crippen LogP contribution in [-0.2, 0) is 0 Å². The van der Waals surface area contributed by atoms with Gasteiger partial charge < -0.3 is 15.5 Å². The third kappa shape index (κ3) is 5.54. The number of thiophene rings is 1. The minimum Gasteiger partial charge on any atom is -0.352 e. The molecular formula is C20H24ClN3O2S. The summed E-state index contributed by atoms with van der Waals surface area (Å²) in [5.74, 6) is -0.00685. The highest BCUT2D eigenvalue weighted by Gasteiger charge is 2.16. The van der Waals surface area contributed by atoms with Gasteiger partial charge in [0.2, 0.25) is 0 Å². The van der Waals surface area contributed by atoms with Crippen LogP contribution < -0.4 is 10.6 Å². The molecule has 1 aromatic carbocycles. The van der Waals surface area contributed by atoms with Crippen molar-refractivity contribution in [3.05, 3.63) is 51.2 Å². The highest BCUT2D eigenvalue weighted by atomic mass is 35.5. The lowest BCUT2D eigenvalue weighted by atomic mass is 10.1. The Bertz CT molecular complexity index is 789. The molecule has 0 spiro atoms. The van der Waals surface area contributed by atoms with Crippen LogP contribution >= 0.6 is 22.9 Å². The number of halogens is 1. The largest absolute Gasteiger partial charge is 0.352 e. The number of nitrogens with one attached hydrogen (secondary N) is 2. The first-order valence-electron chi connectivity index (χ1n) is 9.18. The van der Waals surface area contributed by atoms with Crippen LogP contribution in [0, 0.1) is 5.92 Å². The summed E-state index contributed by atoms with van der Waals surface area (Å²) in [6.45, 7) is 6.08. The predicted octanol–water partition coefficient (Wildman–Crippen LogP) is 4.12. The summed E-state index contributed by atoms with van der Waals surface area (Å²) in [6.07, 6.45) is 2.54. The molecule has 2 heterocycles. The number of hydrogen-bond acceptors (Lipinski definition) is 4. The van der Waals surface area contributed by atoms with Crippen molar-refractivity contribution < 1.29 is 9.59 Å². The van der Waals surface area contributed by atoms with Crippen molar-refractivity contribution in [1.82, 2.24) is 10.2 Å². The molecule has 27 heavy (non-hydrogen) atoms. The van der Waals surface area contributed by atoms with E-state index in [9.17, 15) is 9.59 Å². The molecule has 0 radical (unpaired) electrons. The monoisotopic (exact) mass is 405 g/mol. The highest BCUT2D eigenvalue weighted by molar-refractivity contribution is 7.12. The Kier molecular flexibility index (Phi) is 6.88. The fourth-order valence-corrected chi connectivity index (χ4v) is 3.98. The zero-order valence-electron chi connectivity index (χ0n) is 15.3. The quantitative estimate of drug-likeness (QED) is 0.728. The summed E-state index contributed by atoms with van der Waals surface area (Å²) in [4.78, 5) is 27.7. The maximum atomic E-state index is 12.5. The number of rotatable bonds is 7. The first-order valence-corrected chi connectivity index (χ1v) is 10.4. The van der Waals surface area contributed by atoms with E-state index < -0.39 is 0 Å². The number of likely N-dealkylation sites (tertiary alicyclic amines) is 1. The second kappa shape index (κ2) is 9.35. The van der Waals surface area contributed by atoms with E-state index in [-0.39, 0.29) is 11.8 Å². The van der Waals surface area contributed by atoms with E-state index in [2.05, 4.69) is 22.5 Å². The van der Waals surface area contributed by atoms with Gasteiger partial charge in [-0.25, -0.2) is 0 Å². The molecule has 1 atom stereocenters. The summed E-state index contributed by atoms with van der Waals surface area (Å²) >= 11 is 7.53. The number of carbonyl (C=O) groups excluding carboxylic acids is 2. The molecule has 1 unspecified atom stereocenters. The number of carbonyl (C=O) groups is 2. The highest BCUT2D eigenvalue weighted by Crippen LogP contribution is 2.24. The lowest BCUT2D eigenvalue weighted by Gasteiger charge is -2.20. The third-order valence-corrected chi connectivity index (χ3v) is 5.80. The van der Waals surface area contributed by atoms with E-state index in [4.69, 9.17) is 11.6 Å². The summed E-state index contributed by atoms with van der Waals surface area (Å²) in [7, 11) is 0. The maximum Gasteiger partial charge on any atom is 0.265 e. The van der Waals surface area contributed by atoms with Crippen molar-refractivity contribution in [3.63, 3.8) is 0 Å². The fourth-order valence-electron chi connectivity index (χ4n) is 3.19. The Labute approximate surface area is 168 Å². The molecule has 3 rings (SSSR count). The molecule has 0 aliphatic carbocycles. The van der Waals surface area contributed by atoms with Gasteiger partial charge in [-0.3, -0.25) is 9.59 Å². The average molecular weight is 406 g/mol. The van der Waals surface area contributed by atoms with Crippen LogP contribution in [0.3, 0.4) is 0 Å². The number of nitrogens with zero attached hydrogens (tertiary/aromatic N) is 1. The van der Waals surface area contributed by atoms with Gasteiger partial charge in [0.15, 0.2) is 0 Å². The predicted molar refractivity (Wildman–Crippen MR) is 111 cm³/mol. The van der Waals surface area contributed by atoms with Gasteiger partial charge in [0.05, 0.1) is 15.6 Å². The van der Waals surface area contributed by atoms with Crippen LogP contribution in [0.1, 0.15) is 39.8 Å². The first kappa shape index (κ1) is 19.9. The van der Waals surface area contributed by atoms with Crippen molar-refractivity contribution in [2.24, 2.45) is 5.92 Å². The van der Waals surface area contributed by atoms with Crippen LogP contribution in [-0.4, -0.2) is 42.9 Å². The van der Waals surface area contributed by atoms with Crippen molar-refractivity contribution in [1.29, 1.82) is 0 Å². The lowest BCUT2D eigenvalue weighted by Crippen LogP contribution is -2.34. The van der Waals surface area contributed by atoms with Crippen LogP contribution in [0.15, 0.2) is 35.7 Å². The first-order chi connectivity index (χ1) is 13.0. The number of hydrogen-bond donors (Lipinski definition) is 2. The van der Waals surface area contributed by atoms with Gasteiger partial charge in [-0.15, -0.1) is 11.3 Å². The van der Waals surface area contributed by atoms with E-state index in [0.29, 0.717) is 33.6 Å². The fraction of sp³-hybridized carbons (Fsp3) is 0.400. The minimum atomic E-state index is -0.233. The molecule has 2 amide bonds. The zero-order valence-corrected chi connectivity index (χ0v) is 16.9. The van der Waals surface area contributed by atoms with E-state index >= 15 is 0 Å². The molecule has 2 aromatic rings. The molecule has 1 aliphatic heterocycles. The third-order valence-electron chi connectivity index (χ3n) is 4.60. The Balaban J connectivity index is 1.57. The number of anilines is 1. The molecule has 5 nitrogen and oxygen atoms in total. The molecule has 1 saturated heterocycles. The molecule has 0 saturated carbocycles. The molecule has 144 valence electrons. The molecular weight excluding hydrogens is 382 g/mol. The Morgan fingerprint density at radius 3 is 2.70 bits per heavy atom. The van der Waals surface area contributed by atoms with Gasteiger partial charge in [0.25, 0.3) is 11.8 Å². The van der Waals surface area contributed by atoms with Crippen molar-refractivity contribution >= 4 is 40.4 Å². The Hall–Kier alpha value is -1.89. The second-order valence-electron chi connectivity index (χ2n) is 6.95. The van der Waals surface area contributed by atoms with Crippen molar-refractivity contribution in [3.8, 4) is 0 Å². The molecule has 1 fully saturated rings. The standard InChI is InChI=1S/C20H24ClN3O2S/c1-14(13-24-8-2-3-9-24)12-22-19(25)15-6-7-16(21)17(11-15)23-20(26)18-5-4-10-27-18/h4-7,10-11,14H,2-3,8-9,12-13H2,1H3,(H,22,25)(H,23,26). The summed E-state index contributed by atoms with van der Waals surface area (Å²) < 4.78 is 0. The van der Waals surface area contributed by atoms with Gasteiger partial charge >= 0.3 is 0 Å². The molecule has 1 aromatic heterocycles. The molecule has 2 N–H and O–H groups in total. The molecule has 1 aliphatic rings. The van der Waals surface area contributed by atoms with Gasteiger partial charge in [-0.1, -0.05) is 24.6 Å². The van der Waals surface area contributed by atoms with Gasteiger partial charge in [-0.05, 0) is 61.5 Å². The smallest absolute Gasteiger partial charge is 0.265 e. The van der Waals surface area contributed by atoms with E-state index in [0.717, 1.165) is 19.6 Å². The van der Waals surface area contributed by atoms with Gasteiger partial charge in [0, 0.05) is 18.7 Å². The van der Waals surface area contributed by atoms with Crippen LogP contribution in [0.25, 0.3) is 0 Å². The Morgan fingerprint density at radius 1 is 1.22 bits per heavy atom. The van der Waals surface area contributed by atoms with Crippen molar-refractivity contribution in [2.75, 3.05) is 31.5 Å². The SMILES string of the molecule is CC(CNC(=O)c1ccc(Cl)c(NC(=O)c2cccs2)c1)CN1CCCC1. The van der Waals surface area contributed by atoms with E-state index in [1.807, 2.05) is 11.4 Å². The van der Waals surface area contributed by atoms with Gasteiger partial charge in [0.1, 0.15) is 0 Å². The second-order valence-corrected chi connectivity index (χ2v) is 8.30. The summed E-state index contributed by atoms with van der Waals surface area (Å²) in [6, 6.07) is 8.48. The Morgan fingerprint density at radius 2 is 2.00 bits per heavy atom. The summed E-state index contributed by atoms with van der Waals surface area (Å²) in [5.41, 5.74) is 0.919. The molecule has 7 heteroatoms. The number of benzene rings is 1. The maximum absolute atomic E-state index is 12.5. The van der Waals surface area contributed by atoms with Crippen LogP contribution in [0.5, 0.6) is 0 Å². The molecule has 0 bridgehead atoms. The van der Waals surface area contributed by atoms with E-state index in [1.165, 1.54) is 24.2 Å². The number of amides is 2. The van der Waals surface area contributed by atoms with Crippen molar-refractivity contribution in [2.45, 2.75) is 19.8 Å². The zero-order chi connectivity index (χ0) is 19.2. The lowest BCUT2D eigenvalue weighted by molar-refractivity contribution is 0.0944. The van der Waals surface area contributed by atoms with Gasteiger partial charge in [-0.2, -0.15) is 0 Å². The minimum absolute atomic E-state index is 0.161. The average Bonchev–Trinajstić information content (AvgIpc) is 3.35. The topological polar surface area (TPSA) is 61.4 Å². The van der Waals surface area contributed by atoms with E-state index in [1.54, 1.807) is 24.3 Å².